The van der Waals surface area contributed by atoms with Gasteiger partial charge in [-0.2, -0.15) is 0 Å². The Bertz CT molecular complexity index is 274. The molecule has 1 nitrogen and oxygen atoms in total. The van der Waals surface area contributed by atoms with E-state index in [2.05, 4.69) is 35.5 Å². The molecule has 0 aliphatic heterocycles. The van der Waals surface area contributed by atoms with Crippen LogP contribution in [0.3, 0.4) is 0 Å². The SMILES string of the molecule is C=CCC[C@H](N)c1cc(C)c(Br)s1. The highest BCUT2D eigenvalue weighted by atomic mass is 79.9. The second kappa shape index (κ2) is 4.94. The van der Waals surface area contributed by atoms with Gasteiger partial charge >= 0.3 is 0 Å². The van der Waals surface area contributed by atoms with Crippen LogP contribution in [0.5, 0.6) is 0 Å². The van der Waals surface area contributed by atoms with Gasteiger partial charge in [0.15, 0.2) is 0 Å². The number of hydrogen-bond acceptors (Lipinski definition) is 2. The minimum Gasteiger partial charge on any atom is -0.323 e. The first-order chi connectivity index (χ1) is 6.15. The van der Waals surface area contributed by atoms with Crippen molar-refractivity contribution in [1.82, 2.24) is 0 Å². The highest BCUT2D eigenvalue weighted by Crippen LogP contribution is 2.31. The van der Waals surface area contributed by atoms with E-state index in [-0.39, 0.29) is 6.04 Å². The van der Waals surface area contributed by atoms with Crippen molar-refractivity contribution in [3.8, 4) is 0 Å². The highest BCUT2D eigenvalue weighted by molar-refractivity contribution is 9.11. The molecule has 13 heavy (non-hydrogen) atoms. The molecule has 0 fully saturated rings. The van der Waals surface area contributed by atoms with E-state index in [1.54, 1.807) is 11.3 Å². The number of nitrogens with two attached hydrogens (primary N) is 1. The average Bonchev–Trinajstić information content (AvgIpc) is 2.43. The predicted octanol–water partition coefficient (Wildman–Crippen LogP) is 3.79. The summed E-state index contributed by atoms with van der Waals surface area (Å²) in [7, 11) is 0. The van der Waals surface area contributed by atoms with Crippen molar-refractivity contribution in [3.05, 3.63) is 32.9 Å². The minimum absolute atomic E-state index is 0.160. The zero-order valence-electron chi connectivity index (χ0n) is 7.72. The van der Waals surface area contributed by atoms with Crippen LogP contribution in [0.4, 0.5) is 0 Å². The summed E-state index contributed by atoms with van der Waals surface area (Å²) in [6, 6.07) is 2.32. The molecule has 0 radical (unpaired) electrons. The summed E-state index contributed by atoms with van der Waals surface area (Å²) in [5.74, 6) is 0. The molecule has 0 spiro atoms. The summed E-state index contributed by atoms with van der Waals surface area (Å²) in [6.45, 7) is 5.78. The Morgan fingerprint density at radius 3 is 2.92 bits per heavy atom. The van der Waals surface area contributed by atoms with Crippen molar-refractivity contribution in [2.24, 2.45) is 5.73 Å². The van der Waals surface area contributed by atoms with Gasteiger partial charge in [-0.15, -0.1) is 17.9 Å². The molecule has 0 unspecified atom stereocenters. The van der Waals surface area contributed by atoms with Crippen LogP contribution in [-0.2, 0) is 0 Å². The summed E-state index contributed by atoms with van der Waals surface area (Å²) in [4.78, 5) is 1.26. The van der Waals surface area contributed by atoms with Gasteiger partial charge in [-0.1, -0.05) is 6.08 Å². The molecule has 0 aliphatic rings. The fourth-order valence-corrected chi connectivity index (χ4v) is 2.71. The first kappa shape index (κ1) is 11.0. The number of rotatable bonds is 4. The third-order valence-electron chi connectivity index (χ3n) is 1.92. The summed E-state index contributed by atoms with van der Waals surface area (Å²) in [6.07, 6.45) is 3.88. The van der Waals surface area contributed by atoms with Crippen molar-refractivity contribution >= 4 is 27.3 Å². The van der Waals surface area contributed by atoms with Crippen LogP contribution in [0.25, 0.3) is 0 Å². The maximum Gasteiger partial charge on any atom is 0.0731 e. The predicted molar refractivity (Wildman–Crippen MR) is 63.1 cm³/mol. The van der Waals surface area contributed by atoms with Crippen molar-refractivity contribution in [1.29, 1.82) is 0 Å². The van der Waals surface area contributed by atoms with Gasteiger partial charge in [-0.25, -0.2) is 0 Å². The first-order valence-corrected chi connectivity index (χ1v) is 5.88. The molecular weight excluding hydrogens is 246 g/mol. The summed E-state index contributed by atoms with van der Waals surface area (Å²) in [5.41, 5.74) is 7.28. The Morgan fingerprint density at radius 2 is 2.46 bits per heavy atom. The zero-order valence-corrected chi connectivity index (χ0v) is 10.1. The van der Waals surface area contributed by atoms with E-state index >= 15 is 0 Å². The fraction of sp³-hybridized carbons (Fsp3) is 0.400. The van der Waals surface area contributed by atoms with Gasteiger partial charge in [-0.05, 0) is 47.3 Å². The van der Waals surface area contributed by atoms with Gasteiger partial charge in [0.05, 0.1) is 3.79 Å². The smallest absolute Gasteiger partial charge is 0.0731 e. The van der Waals surface area contributed by atoms with Gasteiger partial charge in [0.2, 0.25) is 0 Å². The number of halogens is 1. The van der Waals surface area contributed by atoms with Crippen LogP contribution in [-0.4, -0.2) is 0 Å². The summed E-state index contributed by atoms with van der Waals surface area (Å²) >= 11 is 5.23. The molecule has 0 aromatic carbocycles. The lowest BCUT2D eigenvalue weighted by molar-refractivity contribution is 0.672. The standard InChI is InChI=1S/C10H14BrNS/c1-3-4-5-8(12)9-6-7(2)10(11)13-9/h3,6,8H,1,4-5,12H2,2H3/t8-/m0/s1. The molecule has 0 saturated carbocycles. The molecule has 0 aliphatic carbocycles. The van der Waals surface area contributed by atoms with Crippen molar-refractivity contribution in [2.75, 3.05) is 0 Å². The van der Waals surface area contributed by atoms with Crippen molar-refractivity contribution in [3.63, 3.8) is 0 Å². The van der Waals surface area contributed by atoms with E-state index in [0.29, 0.717) is 0 Å². The molecule has 3 heteroatoms. The van der Waals surface area contributed by atoms with E-state index in [1.807, 2.05) is 6.08 Å². The molecule has 1 rings (SSSR count). The number of thiophene rings is 1. The monoisotopic (exact) mass is 259 g/mol. The van der Waals surface area contributed by atoms with E-state index < -0.39 is 0 Å². The fourth-order valence-electron chi connectivity index (χ4n) is 1.11. The zero-order chi connectivity index (χ0) is 9.84. The molecule has 1 aromatic heterocycles. The minimum atomic E-state index is 0.160. The molecule has 1 atom stereocenters. The Labute approximate surface area is 91.8 Å². The van der Waals surface area contributed by atoms with Crippen LogP contribution >= 0.6 is 27.3 Å². The van der Waals surface area contributed by atoms with Crippen LogP contribution < -0.4 is 5.73 Å². The second-order valence-corrected chi connectivity index (χ2v) is 5.48. The molecule has 0 amide bonds. The lowest BCUT2D eigenvalue weighted by atomic mass is 10.1. The maximum atomic E-state index is 6.01. The van der Waals surface area contributed by atoms with Crippen LogP contribution in [0.15, 0.2) is 22.5 Å². The molecule has 72 valence electrons. The number of allylic oxidation sites excluding steroid dienone is 1. The van der Waals surface area contributed by atoms with Crippen LogP contribution in [0, 0.1) is 6.92 Å². The van der Waals surface area contributed by atoms with Gasteiger partial charge in [0.1, 0.15) is 0 Å². The first-order valence-electron chi connectivity index (χ1n) is 4.27. The van der Waals surface area contributed by atoms with E-state index in [9.17, 15) is 0 Å². The Balaban J connectivity index is 2.65. The highest BCUT2D eigenvalue weighted by Gasteiger charge is 2.09. The van der Waals surface area contributed by atoms with Crippen LogP contribution in [0.1, 0.15) is 29.3 Å². The third kappa shape index (κ3) is 2.93. The van der Waals surface area contributed by atoms with Gasteiger partial charge in [0.25, 0.3) is 0 Å². The quantitative estimate of drug-likeness (QED) is 0.819. The lowest BCUT2D eigenvalue weighted by Crippen LogP contribution is -2.07. The van der Waals surface area contributed by atoms with Gasteiger partial charge < -0.3 is 5.73 Å². The molecule has 2 N–H and O–H groups in total. The number of aryl methyl sites for hydroxylation is 1. The molecule has 0 bridgehead atoms. The van der Waals surface area contributed by atoms with E-state index in [1.165, 1.54) is 14.2 Å². The average molecular weight is 260 g/mol. The Hall–Kier alpha value is -0.120. The maximum absolute atomic E-state index is 6.01. The largest absolute Gasteiger partial charge is 0.323 e. The third-order valence-corrected chi connectivity index (χ3v) is 4.19. The summed E-state index contributed by atoms with van der Waals surface area (Å²) < 4.78 is 1.19. The normalized spacial score (nSPS) is 12.8. The van der Waals surface area contributed by atoms with E-state index in [4.69, 9.17) is 5.73 Å². The van der Waals surface area contributed by atoms with Crippen molar-refractivity contribution < 1.29 is 0 Å². The Morgan fingerprint density at radius 1 is 1.77 bits per heavy atom. The summed E-state index contributed by atoms with van der Waals surface area (Å²) in [5, 5.41) is 0. The molecule has 0 saturated heterocycles. The number of hydrogen-bond donors (Lipinski definition) is 1. The molecule has 1 aromatic rings. The van der Waals surface area contributed by atoms with Crippen LogP contribution in [0.2, 0.25) is 0 Å². The lowest BCUT2D eigenvalue weighted by Gasteiger charge is -2.06. The van der Waals surface area contributed by atoms with Gasteiger partial charge in [0, 0.05) is 10.9 Å². The topological polar surface area (TPSA) is 26.0 Å². The second-order valence-electron chi connectivity index (χ2n) is 3.08. The molecular formula is C10H14BrNS. The molecule has 1 heterocycles. The van der Waals surface area contributed by atoms with E-state index in [0.717, 1.165) is 12.8 Å². The Kier molecular flexibility index (Phi) is 4.16. The van der Waals surface area contributed by atoms with Gasteiger partial charge in [-0.3, -0.25) is 0 Å². The van der Waals surface area contributed by atoms with Crippen molar-refractivity contribution in [2.45, 2.75) is 25.8 Å².